The van der Waals surface area contributed by atoms with Gasteiger partial charge in [-0.1, -0.05) is 0 Å². The number of rotatable bonds is 6. The fraction of sp³-hybridized carbons (Fsp3) is 0.667. The maximum absolute atomic E-state index is 4.35. The van der Waals surface area contributed by atoms with E-state index >= 15 is 0 Å². The lowest BCUT2D eigenvalue weighted by Crippen LogP contribution is -2.26. The first-order chi connectivity index (χ1) is 7.83. The Balaban J connectivity index is 2.06. The van der Waals surface area contributed by atoms with Crippen LogP contribution in [0.25, 0.3) is 0 Å². The lowest BCUT2D eigenvalue weighted by molar-refractivity contribution is 0.730. The summed E-state index contributed by atoms with van der Waals surface area (Å²) in [6, 6.07) is 2.04. The molecule has 4 nitrogen and oxygen atoms in total. The third-order valence-corrected chi connectivity index (χ3v) is 2.89. The highest BCUT2D eigenvalue weighted by atomic mass is 15.2. The zero-order chi connectivity index (χ0) is 11.4. The van der Waals surface area contributed by atoms with E-state index in [9.17, 15) is 0 Å². The topological polar surface area (TPSA) is 41.0 Å². The van der Waals surface area contributed by atoms with Crippen LogP contribution in [0.2, 0.25) is 0 Å². The molecule has 1 aromatic rings. The standard InChI is InChI=1S/C12H20N4/c1-3-13-11-7-12(15-9-14-11)16(4-2)8-10-5-6-10/h7,9-10H,3-6,8H2,1-2H3,(H,13,14,15). The predicted molar refractivity (Wildman–Crippen MR) is 66.8 cm³/mol. The molecule has 0 saturated heterocycles. The Morgan fingerprint density at radius 1 is 1.38 bits per heavy atom. The normalized spacial score (nSPS) is 14.9. The molecule has 0 bridgehead atoms. The van der Waals surface area contributed by atoms with Crippen LogP contribution in [0.1, 0.15) is 26.7 Å². The second-order valence-corrected chi connectivity index (χ2v) is 4.27. The first kappa shape index (κ1) is 11.2. The average molecular weight is 220 g/mol. The molecule has 1 aliphatic carbocycles. The summed E-state index contributed by atoms with van der Waals surface area (Å²) in [5.74, 6) is 2.85. The molecule has 0 atom stereocenters. The van der Waals surface area contributed by atoms with E-state index in [1.54, 1.807) is 6.33 Å². The van der Waals surface area contributed by atoms with Crippen molar-refractivity contribution < 1.29 is 0 Å². The minimum Gasteiger partial charge on any atom is -0.370 e. The van der Waals surface area contributed by atoms with Crippen molar-refractivity contribution in [3.63, 3.8) is 0 Å². The van der Waals surface area contributed by atoms with Gasteiger partial charge in [-0.15, -0.1) is 0 Å². The van der Waals surface area contributed by atoms with Gasteiger partial charge in [0.1, 0.15) is 18.0 Å². The number of hydrogen-bond acceptors (Lipinski definition) is 4. The fourth-order valence-corrected chi connectivity index (χ4v) is 1.79. The number of hydrogen-bond donors (Lipinski definition) is 1. The van der Waals surface area contributed by atoms with E-state index in [1.165, 1.54) is 12.8 Å². The summed E-state index contributed by atoms with van der Waals surface area (Å²) in [5, 5.41) is 3.22. The van der Waals surface area contributed by atoms with E-state index in [-0.39, 0.29) is 0 Å². The van der Waals surface area contributed by atoms with E-state index in [4.69, 9.17) is 0 Å². The molecule has 1 heterocycles. The van der Waals surface area contributed by atoms with Crippen LogP contribution in [-0.4, -0.2) is 29.6 Å². The molecule has 1 N–H and O–H groups in total. The van der Waals surface area contributed by atoms with Crippen LogP contribution in [0.5, 0.6) is 0 Å². The van der Waals surface area contributed by atoms with Gasteiger partial charge in [0.15, 0.2) is 0 Å². The minimum atomic E-state index is 0.887. The Morgan fingerprint density at radius 3 is 2.81 bits per heavy atom. The SMILES string of the molecule is CCNc1cc(N(CC)CC2CC2)ncn1. The molecule has 0 aliphatic heterocycles. The molecule has 4 heteroatoms. The molecular weight excluding hydrogens is 200 g/mol. The van der Waals surface area contributed by atoms with Gasteiger partial charge in [-0.05, 0) is 32.6 Å². The Labute approximate surface area is 97.1 Å². The lowest BCUT2D eigenvalue weighted by atomic mass is 10.3. The van der Waals surface area contributed by atoms with Gasteiger partial charge in [-0.3, -0.25) is 0 Å². The summed E-state index contributed by atoms with van der Waals surface area (Å²) in [6.07, 6.45) is 4.40. The smallest absolute Gasteiger partial charge is 0.134 e. The van der Waals surface area contributed by atoms with E-state index in [0.29, 0.717) is 0 Å². The van der Waals surface area contributed by atoms with Crippen LogP contribution in [0, 0.1) is 5.92 Å². The average Bonchev–Trinajstić information content (AvgIpc) is 3.10. The van der Waals surface area contributed by atoms with Crippen molar-refractivity contribution in [2.75, 3.05) is 29.9 Å². The third-order valence-electron chi connectivity index (χ3n) is 2.89. The fourth-order valence-electron chi connectivity index (χ4n) is 1.79. The highest BCUT2D eigenvalue weighted by Gasteiger charge is 2.24. The summed E-state index contributed by atoms with van der Waals surface area (Å²) in [6.45, 7) is 7.30. The van der Waals surface area contributed by atoms with Gasteiger partial charge in [0.25, 0.3) is 0 Å². The van der Waals surface area contributed by atoms with Crippen LogP contribution in [0.3, 0.4) is 0 Å². The summed E-state index contributed by atoms with van der Waals surface area (Å²) in [7, 11) is 0. The quantitative estimate of drug-likeness (QED) is 0.797. The zero-order valence-corrected chi connectivity index (χ0v) is 10.1. The van der Waals surface area contributed by atoms with Gasteiger partial charge in [0.05, 0.1) is 0 Å². The number of nitrogens with zero attached hydrogens (tertiary/aromatic N) is 3. The van der Waals surface area contributed by atoms with Crippen LogP contribution in [0.15, 0.2) is 12.4 Å². The predicted octanol–water partition coefficient (Wildman–Crippen LogP) is 2.14. The molecule has 1 fully saturated rings. The van der Waals surface area contributed by atoms with Gasteiger partial charge in [-0.25, -0.2) is 9.97 Å². The molecule has 1 aromatic heterocycles. The summed E-state index contributed by atoms with van der Waals surface area (Å²) < 4.78 is 0. The molecule has 1 saturated carbocycles. The van der Waals surface area contributed by atoms with Gasteiger partial charge in [0, 0.05) is 25.7 Å². The van der Waals surface area contributed by atoms with Crippen molar-refractivity contribution in [1.82, 2.24) is 9.97 Å². The van der Waals surface area contributed by atoms with E-state index in [2.05, 4.69) is 34.0 Å². The van der Waals surface area contributed by atoms with Gasteiger partial charge < -0.3 is 10.2 Å². The maximum Gasteiger partial charge on any atom is 0.134 e. The minimum absolute atomic E-state index is 0.887. The second-order valence-electron chi connectivity index (χ2n) is 4.27. The zero-order valence-electron chi connectivity index (χ0n) is 10.1. The largest absolute Gasteiger partial charge is 0.370 e. The highest BCUT2D eigenvalue weighted by Crippen LogP contribution is 2.31. The monoisotopic (exact) mass is 220 g/mol. The first-order valence-corrected chi connectivity index (χ1v) is 6.14. The Hall–Kier alpha value is -1.32. The third kappa shape index (κ3) is 2.84. The van der Waals surface area contributed by atoms with Crippen molar-refractivity contribution in [3.05, 3.63) is 12.4 Å². The molecule has 16 heavy (non-hydrogen) atoms. The van der Waals surface area contributed by atoms with Crippen LogP contribution in [-0.2, 0) is 0 Å². The number of anilines is 2. The Bertz CT molecular complexity index is 336. The molecule has 2 rings (SSSR count). The van der Waals surface area contributed by atoms with Crippen LogP contribution >= 0.6 is 0 Å². The van der Waals surface area contributed by atoms with E-state index in [1.807, 2.05) is 6.07 Å². The molecule has 0 spiro atoms. The molecule has 0 aromatic carbocycles. The number of nitrogens with one attached hydrogen (secondary N) is 1. The molecular formula is C12H20N4. The molecule has 0 radical (unpaired) electrons. The number of aromatic nitrogens is 2. The molecule has 0 unspecified atom stereocenters. The Morgan fingerprint density at radius 2 is 2.19 bits per heavy atom. The van der Waals surface area contributed by atoms with E-state index < -0.39 is 0 Å². The molecule has 1 aliphatic rings. The summed E-state index contributed by atoms with van der Waals surface area (Å²) in [5.41, 5.74) is 0. The highest BCUT2D eigenvalue weighted by molar-refractivity contribution is 5.48. The van der Waals surface area contributed by atoms with E-state index in [0.717, 1.165) is 37.2 Å². The lowest BCUT2D eigenvalue weighted by Gasteiger charge is -2.21. The molecule has 88 valence electrons. The van der Waals surface area contributed by atoms with Crippen molar-refractivity contribution >= 4 is 11.6 Å². The van der Waals surface area contributed by atoms with Gasteiger partial charge in [-0.2, -0.15) is 0 Å². The Kier molecular flexibility index (Phi) is 3.59. The second kappa shape index (κ2) is 5.14. The first-order valence-electron chi connectivity index (χ1n) is 6.14. The van der Waals surface area contributed by atoms with Crippen molar-refractivity contribution in [3.8, 4) is 0 Å². The summed E-state index contributed by atoms with van der Waals surface area (Å²) >= 11 is 0. The maximum atomic E-state index is 4.35. The van der Waals surface area contributed by atoms with Gasteiger partial charge >= 0.3 is 0 Å². The van der Waals surface area contributed by atoms with Crippen molar-refractivity contribution in [2.45, 2.75) is 26.7 Å². The van der Waals surface area contributed by atoms with Crippen LogP contribution < -0.4 is 10.2 Å². The summed E-state index contributed by atoms with van der Waals surface area (Å²) in [4.78, 5) is 10.9. The van der Waals surface area contributed by atoms with Crippen molar-refractivity contribution in [1.29, 1.82) is 0 Å². The van der Waals surface area contributed by atoms with Crippen LogP contribution in [0.4, 0.5) is 11.6 Å². The molecule has 0 amide bonds. The van der Waals surface area contributed by atoms with Gasteiger partial charge in [0.2, 0.25) is 0 Å². The van der Waals surface area contributed by atoms with Crippen molar-refractivity contribution in [2.24, 2.45) is 5.92 Å².